The van der Waals surface area contributed by atoms with Crippen molar-refractivity contribution in [1.29, 1.82) is 0 Å². The summed E-state index contributed by atoms with van der Waals surface area (Å²) in [7, 11) is 1.60. The van der Waals surface area contributed by atoms with Crippen molar-refractivity contribution in [3.8, 4) is 0 Å². The van der Waals surface area contributed by atoms with Crippen LogP contribution < -0.4 is 5.32 Å². The SMILES string of the molecule is COC[C@H]1C[C@@H](NCc2ccc(C)o2)[C@H](O)[C@@H]1O.Cl. The number of halogens is 1. The average molecular weight is 292 g/mol. The van der Waals surface area contributed by atoms with Gasteiger partial charge in [-0.2, -0.15) is 0 Å². The number of aliphatic hydroxyl groups is 2. The molecule has 6 heteroatoms. The highest BCUT2D eigenvalue weighted by atomic mass is 35.5. The van der Waals surface area contributed by atoms with Crippen molar-refractivity contribution in [2.75, 3.05) is 13.7 Å². The van der Waals surface area contributed by atoms with Gasteiger partial charge in [-0.15, -0.1) is 12.4 Å². The van der Waals surface area contributed by atoms with E-state index in [-0.39, 0.29) is 24.4 Å². The molecule has 3 N–H and O–H groups in total. The Kier molecular flexibility index (Phi) is 6.29. The van der Waals surface area contributed by atoms with Crippen LogP contribution in [0.15, 0.2) is 16.5 Å². The highest BCUT2D eigenvalue weighted by Gasteiger charge is 2.40. The van der Waals surface area contributed by atoms with E-state index in [1.165, 1.54) is 0 Å². The summed E-state index contributed by atoms with van der Waals surface area (Å²) >= 11 is 0. The van der Waals surface area contributed by atoms with Gasteiger partial charge in [0.25, 0.3) is 0 Å². The summed E-state index contributed by atoms with van der Waals surface area (Å²) in [5, 5.41) is 23.0. The second-order valence-electron chi connectivity index (χ2n) is 4.93. The molecule has 1 aromatic rings. The van der Waals surface area contributed by atoms with Gasteiger partial charge in [-0.3, -0.25) is 0 Å². The Morgan fingerprint density at radius 1 is 1.37 bits per heavy atom. The third-order valence-corrected chi connectivity index (χ3v) is 3.52. The Morgan fingerprint density at radius 3 is 2.68 bits per heavy atom. The van der Waals surface area contributed by atoms with Crippen LogP contribution in [-0.4, -0.2) is 42.2 Å². The van der Waals surface area contributed by atoms with Crippen LogP contribution in [0.5, 0.6) is 0 Å². The smallest absolute Gasteiger partial charge is 0.117 e. The zero-order chi connectivity index (χ0) is 13.1. The molecule has 0 amide bonds. The molecular formula is C13H22ClNO4. The molecular weight excluding hydrogens is 270 g/mol. The van der Waals surface area contributed by atoms with E-state index < -0.39 is 12.2 Å². The number of hydrogen-bond donors (Lipinski definition) is 3. The number of ether oxygens (including phenoxy) is 1. The summed E-state index contributed by atoms with van der Waals surface area (Å²) in [6.45, 7) is 2.92. The minimum absolute atomic E-state index is 0. The Hall–Kier alpha value is -0.590. The molecule has 5 nitrogen and oxygen atoms in total. The predicted molar refractivity (Wildman–Crippen MR) is 73.3 cm³/mol. The van der Waals surface area contributed by atoms with Crippen molar-refractivity contribution in [2.24, 2.45) is 5.92 Å². The minimum Gasteiger partial charge on any atom is -0.465 e. The van der Waals surface area contributed by atoms with E-state index in [4.69, 9.17) is 9.15 Å². The van der Waals surface area contributed by atoms with E-state index in [0.717, 1.165) is 11.5 Å². The van der Waals surface area contributed by atoms with Gasteiger partial charge in [0.05, 0.1) is 25.4 Å². The molecule has 1 aliphatic rings. The molecule has 1 aliphatic carbocycles. The molecule has 1 fully saturated rings. The fourth-order valence-corrected chi connectivity index (χ4v) is 2.52. The fourth-order valence-electron chi connectivity index (χ4n) is 2.52. The first kappa shape index (κ1) is 16.5. The second-order valence-corrected chi connectivity index (χ2v) is 4.93. The summed E-state index contributed by atoms with van der Waals surface area (Å²) in [6.07, 6.45) is -0.766. The van der Waals surface area contributed by atoms with Crippen LogP contribution in [-0.2, 0) is 11.3 Å². The molecule has 4 atom stereocenters. The van der Waals surface area contributed by atoms with Crippen LogP contribution in [0, 0.1) is 12.8 Å². The molecule has 1 aromatic heterocycles. The molecule has 0 unspecified atom stereocenters. The number of aliphatic hydroxyl groups excluding tert-OH is 2. The zero-order valence-electron chi connectivity index (χ0n) is 11.2. The zero-order valence-corrected chi connectivity index (χ0v) is 12.0. The maximum atomic E-state index is 9.94. The van der Waals surface area contributed by atoms with Crippen molar-refractivity contribution in [3.63, 3.8) is 0 Å². The number of rotatable bonds is 5. The van der Waals surface area contributed by atoms with Gasteiger partial charge in [0.2, 0.25) is 0 Å². The van der Waals surface area contributed by atoms with Crippen LogP contribution in [0.25, 0.3) is 0 Å². The lowest BCUT2D eigenvalue weighted by molar-refractivity contribution is -0.00609. The van der Waals surface area contributed by atoms with Gasteiger partial charge in [0, 0.05) is 19.1 Å². The summed E-state index contributed by atoms with van der Waals surface area (Å²) in [5.74, 6) is 1.70. The fraction of sp³-hybridized carbons (Fsp3) is 0.692. The lowest BCUT2D eigenvalue weighted by Crippen LogP contribution is -2.39. The molecule has 110 valence electrons. The topological polar surface area (TPSA) is 74.9 Å². The highest BCUT2D eigenvalue weighted by molar-refractivity contribution is 5.85. The van der Waals surface area contributed by atoms with E-state index in [9.17, 15) is 10.2 Å². The summed E-state index contributed by atoms with van der Waals surface area (Å²) in [5.41, 5.74) is 0. The van der Waals surface area contributed by atoms with E-state index in [2.05, 4.69) is 5.32 Å². The summed E-state index contributed by atoms with van der Waals surface area (Å²) < 4.78 is 10.5. The maximum absolute atomic E-state index is 9.94. The molecule has 0 spiro atoms. The monoisotopic (exact) mass is 291 g/mol. The summed E-state index contributed by atoms with van der Waals surface area (Å²) in [6, 6.07) is 3.70. The first-order valence-electron chi connectivity index (χ1n) is 6.25. The van der Waals surface area contributed by atoms with Gasteiger partial charge in [0.1, 0.15) is 11.5 Å². The molecule has 2 rings (SSSR count). The Labute approximate surface area is 119 Å². The van der Waals surface area contributed by atoms with Crippen molar-refractivity contribution in [1.82, 2.24) is 5.32 Å². The maximum Gasteiger partial charge on any atom is 0.117 e. The molecule has 1 heterocycles. The number of aryl methyl sites for hydroxylation is 1. The quantitative estimate of drug-likeness (QED) is 0.750. The number of methoxy groups -OCH3 is 1. The predicted octanol–water partition coefficient (Wildman–Crippen LogP) is 0.856. The van der Waals surface area contributed by atoms with Gasteiger partial charge in [0.15, 0.2) is 0 Å². The van der Waals surface area contributed by atoms with Gasteiger partial charge in [-0.1, -0.05) is 0 Å². The van der Waals surface area contributed by atoms with Crippen LogP contribution in [0.4, 0.5) is 0 Å². The van der Waals surface area contributed by atoms with Crippen molar-refractivity contribution >= 4 is 12.4 Å². The first-order valence-corrected chi connectivity index (χ1v) is 6.25. The molecule has 0 aliphatic heterocycles. The molecule has 0 saturated heterocycles. The van der Waals surface area contributed by atoms with Gasteiger partial charge in [-0.05, 0) is 25.5 Å². The normalized spacial score (nSPS) is 30.3. The molecule has 0 radical (unpaired) electrons. The van der Waals surface area contributed by atoms with Crippen LogP contribution >= 0.6 is 12.4 Å². The Bertz CT molecular complexity index is 384. The van der Waals surface area contributed by atoms with Gasteiger partial charge < -0.3 is 24.7 Å². The molecule has 0 bridgehead atoms. The minimum atomic E-state index is -0.749. The lowest BCUT2D eigenvalue weighted by atomic mass is 10.1. The molecule has 19 heavy (non-hydrogen) atoms. The van der Waals surface area contributed by atoms with Crippen LogP contribution in [0.2, 0.25) is 0 Å². The highest BCUT2D eigenvalue weighted by Crippen LogP contribution is 2.27. The standard InChI is InChI=1S/C13H21NO4.ClH/c1-8-3-4-10(18-8)6-14-11-5-9(7-17-2)12(15)13(11)16;/h3-4,9,11-16H,5-7H2,1-2H3;1H/t9-,11-,12-,13+;/m1./s1. The van der Waals surface area contributed by atoms with Gasteiger partial charge in [-0.25, -0.2) is 0 Å². The second kappa shape index (κ2) is 7.26. The summed E-state index contributed by atoms with van der Waals surface area (Å²) in [4.78, 5) is 0. The van der Waals surface area contributed by atoms with Crippen molar-refractivity contribution in [2.45, 2.75) is 38.1 Å². The number of nitrogens with one attached hydrogen (secondary N) is 1. The first-order chi connectivity index (χ1) is 8.61. The lowest BCUT2D eigenvalue weighted by Gasteiger charge is -2.17. The van der Waals surface area contributed by atoms with Crippen LogP contribution in [0.3, 0.4) is 0 Å². The number of furan rings is 1. The molecule has 1 saturated carbocycles. The van der Waals surface area contributed by atoms with Crippen LogP contribution in [0.1, 0.15) is 17.9 Å². The van der Waals surface area contributed by atoms with E-state index in [1.54, 1.807) is 7.11 Å². The largest absolute Gasteiger partial charge is 0.465 e. The number of hydrogen-bond acceptors (Lipinski definition) is 5. The van der Waals surface area contributed by atoms with E-state index in [1.807, 2.05) is 19.1 Å². The molecule has 0 aromatic carbocycles. The Balaban J connectivity index is 0.00000180. The van der Waals surface area contributed by atoms with E-state index in [0.29, 0.717) is 19.6 Å². The third kappa shape index (κ3) is 3.94. The Morgan fingerprint density at radius 2 is 2.11 bits per heavy atom. The van der Waals surface area contributed by atoms with E-state index >= 15 is 0 Å². The van der Waals surface area contributed by atoms with Crippen molar-refractivity contribution in [3.05, 3.63) is 23.7 Å². The van der Waals surface area contributed by atoms with Gasteiger partial charge >= 0.3 is 0 Å². The van der Waals surface area contributed by atoms with Crippen molar-refractivity contribution < 1.29 is 19.4 Å². The third-order valence-electron chi connectivity index (χ3n) is 3.52. The average Bonchev–Trinajstić information content (AvgIpc) is 2.87.